The number of ether oxygens (including phenoxy) is 1. The molecule has 0 atom stereocenters. The molecule has 0 saturated carbocycles. The second-order valence-corrected chi connectivity index (χ2v) is 11.1. The minimum atomic E-state index is -3.58. The monoisotopic (exact) mass is 496 g/mol. The second kappa shape index (κ2) is 11.1. The maximum Gasteiger partial charge on any atom is 0.248 e. The fourth-order valence-electron chi connectivity index (χ4n) is 3.13. The number of thiazole rings is 1. The van der Waals surface area contributed by atoms with Gasteiger partial charge in [-0.3, -0.25) is 4.79 Å². The average Bonchev–Trinajstić information content (AvgIpc) is 3.08. The zero-order chi connectivity index (χ0) is 23.1. The van der Waals surface area contributed by atoms with Crippen molar-refractivity contribution in [2.45, 2.75) is 31.2 Å². The number of aryl methyl sites for hydroxylation is 1. The van der Waals surface area contributed by atoms with E-state index in [2.05, 4.69) is 4.99 Å². The summed E-state index contributed by atoms with van der Waals surface area (Å²) in [7, 11) is -3.58. The van der Waals surface area contributed by atoms with Gasteiger partial charge in [0, 0.05) is 18.7 Å². The average molecular weight is 497 g/mol. The van der Waals surface area contributed by atoms with E-state index in [1.807, 2.05) is 35.9 Å². The second-order valence-electron chi connectivity index (χ2n) is 6.97. The molecule has 0 unspecified atom stereocenters. The molecule has 10 heteroatoms. The van der Waals surface area contributed by atoms with E-state index in [1.165, 1.54) is 23.5 Å². The van der Waals surface area contributed by atoms with Gasteiger partial charge in [0.05, 0.1) is 27.5 Å². The van der Waals surface area contributed by atoms with E-state index in [4.69, 9.17) is 4.74 Å². The van der Waals surface area contributed by atoms with Crippen LogP contribution in [0.4, 0.5) is 4.39 Å². The molecule has 3 rings (SSSR count). The van der Waals surface area contributed by atoms with Crippen molar-refractivity contribution in [1.82, 2.24) is 4.57 Å². The van der Waals surface area contributed by atoms with Crippen LogP contribution in [0.1, 0.15) is 19.8 Å². The van der Waals surface area contributed by atoms with Crippen molar-refractivity contribution < 1.29 is 22.3 Å². The van der Waals surface area contributed by atoms with E-state index in [0.29, 0.717) is 18.0 Å². The first-order chi connectivity index (χ1) is 15.3. The number of rotatable bonds is 10. The molecule has 172 valence electrons. The molecule has 32 heavy (non-hydrogen) atoms. The van der Waals surface area contributed by atoms with Crippen LogP contribution in [-0.2, 0) is 21.2 Å². The summed E-state index contributed by atoms with van der Waals surface area (Å²) in [5, 5.41) is 0. The van der Waals surface area contributed by atoms with Crippen LogP contribution in [-0.4, -0.2) is 43.3 Å². The lowest BCUT2D eigenvalue weighted by Gasteiger charge is -2.05. The number of nitrogens with zero attached hydrogens (tertiary/aromatic N) is 2. The summed E-state index contributed by atoms with van der Waals surface area (Å²) in [6.07, 6.45) is 2.18. The topological polar surface area (TPSA) is 77.7 Å². The molecule has 0 aliphatic carbocycles. The number of halogens is 1. The molecule has 2 aromatic carbocycles. The first-order valence-electron chi connectivity index (χ1n) is 10.1. The smallest absolute Gasteiger partial charge is 0.248 e. The van der Waals surface area contributed by atoms with Crippen molar-refractivity contribution in [1.29, 1.82) is 0 Å². The molecule has 0 saturated heterocycles. The summed E-state index contributed by atoms with van der Waals surface area (Å²) < 4.78 is 46.3. The Morgan fingerprint density at radius 2 is 1.97 bits per heavy atom. The van der Waals surface area contributed by atoms with Gasteiger partial charge in [-0.1, -0.05) is 11.3 Å². The van der Waals surface area contributed by atoms with Crippen LogP contribution in [0.5, 0.6) is 5.75 Å². The largest absolute Gasteiger partial charge is 0.494 e. The summed E-state index contributed by atoms with van der Waals surface area (Å²) in [4.78, 5) is 17.4. The van der Waals surface area contributed by atoms with Gasteiger partial charge in [-0.05, 0) is 62.1 Å². The van der Waals surface area contributed by atoms with E-state index >= 15 is 0 Å². The highest BCUT2D eigenvalue weighted by atomic mass is 32.2. The van der Waals surface area contributed by atoms with Gasteiger partial charge in [0.25, 0.3) is 0 Å². The fourth-order valence-corrected chi connectivity index (χ4v) is 5.91. The molecule has 0 aliphatic rings. The van der Waals surface area contributed by atoms with Crippen molar-refractivity contribution in [2.75, 3.05) is 24.4 Å². The van der Waals surface area contributed by atoms with Crippen molar-refractivity contribution in [2.24, 2.45) is 4.99 Å². The van der Waals surface area contributed by atoms with E-state index in [1.54, 1.807) is 11.8 Å². The molecule has 0 spiro atoms. The van der Waals surface area contributed by atoms with Gasteiger partial charge >= 0.3 is 0 Å². The zero-order valence-corrected chi connectivity index (χ0v) is 20.4. The molecule has 1 aromatic heterocycles. The molecule has 1 heterocycles. The number of carbonyl (C=O) groups excluding carboxylic acids is 1. The lowest BCUT2D eigenvalue weighted by Crippen LogP contribution is -2.18. The molecular weight excluding hydrogens is 471 g/mol. The van der Waals surface area contributed by atoms with Crippen LogP contribution in [0.25, 0.3) is 10.2 Å². The van der Waals surface area contributed by atoms with Crippen molar-refractivity contribution in [3.8, 4) is 5.75 Å². The molecule has 0 radical (unpaired) electrons. The van der Waals surface area contributed by atoms with Crippen molar-refractivity contribution >= 4 is 49.1 Å². The number of fused-ring (bicyclic) bond motifs is 1. The third-order valence-electron chi connectivity index (χ3n) is 4.68. The van der Waals surface area contributed by atoms with Gasteiger partial charge in [0.1, 0.15) is 11.6 Å². The number of hydrogen-bond donors (Lipinski definition) is 0. The first kappa shape index (κ1) is 24.5. The zero-order valence-electron chi connectivity index (χ0n) is 17.9. The maximum atomic E-state index is 13.0. The number of hydrogen-bond acceptors (Lipinski definition) is 6. The minimum Gasteiger partial charge on any atom is -0.494 e. The first-order valence-corrected chi connectivity index (χ1v) is 14.0. The molecule has 3 aromatic rings. The van der Waals surface area contributed by atoms with Crippen molar-refractivity contribution in [3.63, 3.8) is 0 Å². The Morgan fingerprint density at radius 1 is 1.22 bits per heavy atom. The predicted molar refractivity (Wildman–Crippen MR) is 128 cm³/mol. The van der Waals surface area contributed by atoms with Gasteiger partial charge in [0.15, 0.2) is 14.6 Å². The molecule has 0 bridgehead atoms. The van der Waals surface area contributed by atoms with Crippen LogP contribution in [0.3, 0.4) is 0 Å². The van der Waals surface area contributed by atoms with E-state index in [-0.39, 0.29) is 29.4 Å². The fraction of sp³-hybridized carbons (Fsp3) is 0.364. The molecule has 0 N–H and O–H groups in total. The predicted octanol–water partition coefficient (Wildman–Crippen LogP) is 4.29. The Hall–Kier alpha value is -2.17. The summed E-state index contributed by atoms with van der Waals surface area (Å²) >= 11 is 3.12. The minimum absolute atomic E-state index is 0.0153. The van der Waals surface area contributed by atoms with Gasteiger partial charge in [0.2, 0.25) is 5.91 Å². The van der Waals surface area contributed by atoms with Gasteiger partial charge in [-0.15, -0.1) is 0 Å². The standard InChI is InChI=1S/C22H25FN2O4S3/c1-3-29-17-8-11-19-20(15-17)31-22(25(19)12-13-30-2)24-21(26)5-4-14-32(27,28)18-9-6-16(23)7-10-18/h6-11,15H,3-5,12-14H2,1-2H3. The van der Waals surface area contributed by atoms with Gasteiger partial charge in [-0.25, -0.2) is 12.8 Å². The van der Waals surface area contributed by atoms with E-state index in [0.717, 1.165) is 33.9 Å². The third kappa shape index (κ3) is 6.20. The molecular formula is C22H25FN2O4S3. The van der Waals surface area contributed by atoms with E-state index < -0.39 is 15.7 Å². The van der Waals surface area contributed by atoms with Crippen LogP contribution < -0.4 is 9.54 Å². The van der Waals surface area contributed by atoms with Crippen LogP contribution >= 0.6 is 23.1 Å². The molecule has 1 amide bonds. The number of sulfone groups is 1. The van der Waals surface area contributed by atoms with Crippen LogP contribution in [0.15, 0.2) is 52.4 Å². The number of aromatic nitrogens is 1. The number of thioether (sulfide) groups is 1. The Balaban J connectivity index is 1.76. The summed E-state index contributed by atoms with van der Waals surface area (Å²) in [6, 6.07) is 10.5. The highest BCUT2D eigenvalue weighted by Crippen LogP contribution is 2.24. The van der Waals surface area contributed by atoms with E-state index in [9.17, 15) is 17.6 Å². The van der Waals surface area contributed by atoms with Crippen LogP contribution in [0, 0.1) is 5.82 Å². The Kier molecular flexibility index (Phi) is 8.50. The summed E-state index contributed by atoms with van der Waals surface area (Å²) in [5.41, 5.74) is 0.984. The highest BCUT2D eigenvalue weighted by Gasteiger charge is 2.15. The van der Waals surface area contributed by atoms with Crippen molar-refractivity contribution in [3.05, 3.63) is 53.1 Å². The summed E-state index contributed by atoms with van der Waals surface area (Å²) in [6.45, 7) is 3.20. The molecule has 6 nitrogen and oxygen atoms in total. The number of amides is 1. The Morgan fingerprint density at radius 3 is 2.66 bits per heavy atom. The number of carbonyl (C=O) groups is 1. The Labute approximate surface area is 195 Å². The maximum absolute atomic E-state index is 13.0. The molecule has 0 aliphatic heterocycles. The summed E-state index contributed by atoms with van der Waals surface area (Å²) in [5.74, 6) is 0.577. The van der Waals surface area contributed by atoms with Gasteiger partial charge < -0.3 is 9.30 Å². The molecule has 0 fully saturated rings. The lowest BCUT2D eigenvalue weighted by molar-refractivity contribution is -0.118. The normalized spacial score (nSPS) is 12.4. The quantitative estimate of drug-likeness (QED) is 0.392. The third-order valence-corrected chi connectivity index (χ3v) is 8.13. The lowest BCUT2D eigenvalue weighted by atomic mass is 10.3. The SMILES string of the molecule is CCOc1ccc2c(c1)sc(=NC(=O)CCCS(=O)(=O)c1ccc(F)cc1)n2CCSC. The van der Waals surface area contributed by atoms with Crippen LogP contribution in [0.2, 0.25) is 0 Å². The van der Waals surface area contributed by atoms with Gasteiger partial charge in [-0.2, -0.15) is 16.8 Å². The highest BCUT2D eigenvalue weighted by molar-refractivity contribution is 7.98. The number of benzene rings is 2. The Bertz CT molecular complexity index is 1250.